The highest BCUT2D eigenvalue weighted by atomic mass is 35.5. The summed E-state index contributed by atoms with van der Waals surface area (Å²) in [5.74, 6) is 1.20. The molecule has 0 aliphatic rings. The molecule has 1 N–H and O–H groups in total. The fourth-order valence-corrected chi connectivity index (χ4v) is 2.94. The van der Waals surface area contributed by atoms with Crippen molar-refractivity contribution in [3.8, 4) is 28.6 Å². The van der Waals surface area contributed by atoms with Gasteiger partial charge in [0.15, 0.2) is 17.3 Å². The molecule has 0 amide bonds. The van der Waals surface area contributed by atoms with Crippen molar-refractivity contribution in [3.63, 3.8) is 0 Å². The molecule has 1 aromatic heterocycles. The van der Waals surface area contributed by atoms with Gasteiger partial charge in [-0.15, -0.1) is 0 Å². The van der Waals surface area contributed by atoms with Gasteiger partial charge in [0.05, 0.1) is 32.6 Å². The largest absolute Gasteiger partial charge is 0.493 e. The van der Waals surface area contributed by atoms with E-state index in [4.69, 9.17) is 38.0 Å². The molecule has 0 atom stereocenters. The number of aromatic amines is 1. The summed E-state index contributed by atoms with van der Waals surface area (Å²) in [6.45, 7) is 0. The van der Waals surface area contributed by atoms with Crippen molar-refractivity contribution in [3.05, 3.63) is 51.5 Å². The first-order valence-corrected chi connectivity index (χ1v) is 8.75. The van der Waals surface area contributed by atoms with Gasteiger partial charge in [0.25, 0.3) is 0 Å². The van der Waals surface area contributed by atoms with Crippen LogP contribution in [0.2, 0.25) is 5.02 Å². The van der Waals surface area contributed by atoms with Crippen LogP contribution in [0, 0.1) is 10.6 Å². The molecule has 1 heterocycles. The highest BCUT2D eigenvalue weighted by molar-refractivity contribution is 7.71. The Bertz CT molecular complexity index is 1050. The van der Waals surface area contributed by atoms with Crippen molar-refractivity contribution in [2.45, 2.75) is 0 Å². The molecule has 28 heavy (non-hydrogen) atoms. The number of rotatable bonds is 6. The molecule has 0 radical (unpaired) electrons. The first kappa shape index (κ1) is 19.8. The number of methoxy groups -OCH3 is 3. The van der Waals surface area contributed by atoms with E-state index in [-0.39, 0.29) is 15.4 Å². The lowest BCUT2D eigenvalue weighted by Crippen LogP contribution is -1.99. The fraction of sp³-hybridized carbons (Fsp3) is 0.167. The number of halogens is 2. The van der Waals surface area contributed by atoms with Crippen LogP contribution in [0.5, 0.6) is 17.2 Å². The number of H-pyrrole nitrogens is 1. The van der Waals surface area contributed by atoms with Crippen molar-refractivity contribution in [2.24, 2.45) is 5.10 Å². The number of hydrogen-bond donors (Lipinski definition) is 1. The van der Waals surface area contributed by atoms with Gasteiger partial charge in [-0.25, -0.2) is 9.49 Å². The summed E-state index contributed by atoms with van der Waals surface area (Å²) in [6, 6.07) is 7.78. The standard InChI is InChI=1S/C18H16ClFN4O3S/c1-25-14-7-10(8-15(26-2)16(14)27-3)17-22-23-18(28)24(17)21-9-11-12(19)5-4-6-13(11)20/h4-9H,1-3H3,(H,23,28). The van der Waals surface area contributed by atoms with Crippen molar-refractivity contribution in [1.29, 1.82) is 0 Å². The molecule has 10 heteroatoms. The Morgan fingerprint density at radius 3 is 2.43 bits per heavy atom. The number of nitrogens with one attached hydrogen (secondary N) is 1. The molecule has 3 aromatic rings. The van der Waals surface area contributed by atoms with Gasteiger partial charge < -0.3 is 14.2 Å². The highest BCUT2D eigenvalue weighted by Crippen LogP contribution is 2.40. The molecule has 0 unspecified atom stereocenters. The molecule has 7 nitrogen and oxygen atoms in total. The predicted octanol–water partition coefficient (Wildman–Crippen LogP) is 4.31. The maximum Gasteiger partial charge on any atom is 0.216 e. The van der Waals surface area contributed by atoms with Gasteiger partial charge in [-0.05, 0) is 36.5 Å². The van der Waals surface area contributed by atoms with E-state index in [2.05, 4.69) is 15.3 Å². The molecule has 0 saturated carbocycles. The molecular weight excluding hydrogens is 407 g/mol. The smallest absolute Gasteiger partial charge is 0.216 e. The van der Waals surface area contributed by atoms with Crippen molar-refractivity contribution in [2.75, 3.05) is 21.3 Å². The Balaban J connectivity index is 2.12. The van der Waals surface area contributed by atoms with Crippen LogP contribution in [0.1, 0.15) is 5.56 Å². The Kier molecular flexibility index (Phi) is 5.96. The topological polar surface area (TPSA) is 73.7 Å². The Morgan fingerprint density at radius 1 is 1.18 bits per heavy atom. The summed E-state index contributed by atoms with van der Waals surface area (Å²) in [4.78, 5) is 0. The van der Waals surface area contributed by atoms with Crippen LogP contribution in [-0.2, 0) is 0 Å². The van der Waals surface area contributed by atoms with Gasteiger partial charge in [0.2, 0.25) is 10.5 Å². The number of nitrogens with zero attached hydrogens (tertiary/aromatic N) is 3. The SMILES string of the molecule is COc1cc(-c2n[nH]c(=S)n2N=Cc2c(F)cccc2Cl)cc(OC)c1OC. The first-order chi connectivity index (χ1) is 13.5. The van der Waals surface area contributed by atoms with E-state index in [1.54, 1.807) is 18.2 Å². The minimum Gasteiger partial charge on any atom is -0.493 e. The van der Waals surface area contributed by atoms with E-state index in [0.29, 0.717) is 28.6 Å². The van der Waals surface area contributed by atoms with Gasteiger partial charge in [-0.2, -0.15) is 14.9 Å². The summed E-state index contributed by atoms with van der Waals surface area (Å²) in [5.41, 5.74) is 0.738. The van der Waals surface area contributed by atoms with Crippen LogP contribution in [-0.4, -0.2) is 42.4 Å². The van der Waals surface area contributed by atoms with Crippen molar-refractivity contribution < 1.29 is 18.6 Å². The van der Waals surface area contributed by atoms with Crippen LogP contribution in [0.4, 0.5) is 4.39 Å². The van der Waals surface area contributed by atoms with E-state index in [0.717, 1.165) is 0 Å². The summed E-state index contributed by atoms with van der Waals surface area (Å²) in [7, 11) is 4.53. The van der Waals surface area contributed by atoms with Gasteiger partial charge in [0.1, 0.15) is 5.82 Å². The summed E-state index contributed by atoms with van der Waals surface area (Å²) in [6.07, 6.45) is 1.28. The lowest BCUT2D eigenvalue weighted by molar-refractivity contribution is 0.324. The second kappa shape index (κ2) is 8.41. The minimum atomic E-state index is -0.499. The quantitative estimate of drug-likeness (QED) is 0.473. The number of hydrogen-bond acceptors (Lipinski definition) is 6. The van der Waals surface area contributed by atoms with Crippen LogP contribution >= 0.6 is 23.8 Å². The average Bonchev–Trinajstić information content (AvgIpc) is 3.06. The van der Waals surface area contributed by atoms with E-state index >= 15 is 0 Å². The second-order valence-corrected chi connectivity index (χ2v) is 6.25. The summed E-state index contributed by atoms with van der Waals surface area (Å²) < 4.78 is 31.6. The molecule has 0 aliphatic carbocycles. The van der Waals surface area contributed by atoms with Crippen LogP contribution in [0.3, 0.4) is 0 Å². The molecule has 2 aromatic carbocycles. The van der Waals surface area contributed by atoms with Gasteiger partial charge in [-0.1, -0.05) is 17.7 Å². The average molecular weight is 423 g/mol. The molecule has 0 saturated heterocycles. The van der Waals surface area contributed by atoms with Crippen LogP contribution < -0.4 is 14.2 Å². The Morgan fingerprint density at radius 2 is 1.86 bits per heavy atom. The van der Waals surface area contributed by atoms with Crippen molar-refractivity contribution >= 4 is 30.0 Å². The Labute approximate surface area is 170 Å². The molecular formula is C18H16ClFN4O3S. The third kappa shape index (κ3) is 3.71. The third-order valence-corrected chi connectivity index (χ3v) is 4.47. The zero-order valence-corrected chi connectivity index (χ0v) is 16.8. The summed E-state index contributed by atoms with van der Waals surface area (Å²) in [5, 5.41) is 11.3. The monoisotopic (exact) mass is 422 g/mol. The fourth-order valence-electron chi connectivity index (χ4n) is 2.55. The Hall–Kier alpha value is -2.91. The van der Waals surface area contributed by atoms with E-state index < -0.39 is 5.82 Å². The van der Waals surface area contributed by atoms with Gasteiger partial charge in [-0.3, -0.25) is 0 Å². The molecule has 0 bridgehead atoms. The van der Waals surface area contributed by atoms with Crippen LogP contribution in [0.25, 0.3) is 11.4 Å². The molecule has 0 aliphatic heterocycles. The number of benzene rings is 2. The van der Waals surface area contributed by atoms with Gasteiger partial charge in [0, 0.05) is 11.1 Å². The third-order valence-electron chi connectivity index (χ3n) is 3.88. The number of ether oxygens (including phenoxy) is 3. The lowest BCUT2D eigenvalue weighted by atomic mass is 10.1. The maximum atomic E-state index is 14.0. The molecule has 0 fully saturated rings. The van der Waals surface area contributed by atoms with Crippen molar-refractivity contribution in [1.82, 2.24) is 14.9 Å². The van der Waals surface area contributed by atoms with E-state index in [9.17, 15) is 4.39 Å². The summed E-state index contributed by atoms with van der Waals surface area (Å²) >= 11 is 11.3. The molecule has 3 rings (SSSR count). The predicted molar refractivity (Wildman–Crippen MR) is 107 cm³/mol. The minimum absolute atomic E-state index is 0.142. The van der Waals surface area contributed by atoms with E-state index in [1.165, 1.54) is 44.4 Å². The van der Waals surface area contributed by atoms with E-state index in [1.807, 2.05) is 0 Å². The molecule has 146 valence electrons. The van der Waals surface area contributed by atoms with Gasteiger partial charge >= 0.3 is 0 Å². The second-order valence-electron chi connectivity index (χ2n) is 5.46. The first-order valence-electron chi connectivity index (χ1n) is 7.96. The normalized spacial score (nSPS) is 11.0. The zero-order chi connectivity index (χ0) is 20.3. The van der Waals surface area contributed by atoms with Crippen LogP contribution in [0.15, 0.2) is 35.4 Å². The maximum absolute atomic E-state index is 14.0. The highest BCUT2D eigenvalue weighted by Gasteiger charge is 2.17. The zero-order valence-electron chi connectivity index (χ0n) is 15.2. The lowest BCUT2D eigenvalue weighted by Gasteiger charge is -2.13. The number of aromatic nitrogens is 3. The molecule has 0 spiro atoms.